The number of hydrogen-bond acceptors (Lipinski definition) is 5. The molecule has 1 saturated heterocycles. The Morgan fingerprint density at radius 2 is 2.10 bits per heavy atom. The van der Waals surface area contributed by atoms with Gasteiger partial charge in [0.2, 0.25) is 5.91 Å². The number of amides is 2. The number of alkyl halides is 1. The van der Waals surface area contributed by atoms with Crippen LogP contribution < -0.4 is 0 Å². The van der Waals surface area contributed by atoms with Crippen molar-refractivity contribution >= 4 is 39.7 Å². The summed E-state index contributed by atoms with van der Waals surface area (Å²) in [6, 6.07) is 0. The Kier molecular flexibility index (Phi) is 4.41. The van der Waals surface area contributed by atoms with Gasteiger partial charge in [0.1, 0.15) is 17.3 Å². The van der Waals surface area contributed by atoms with Crippen LogP contribution in [-0.2, 0) is 14.3 Å². The van der Waals surface area contributed by atoms with Crippen molar-refractivity contribution in [2.45, 2.75) is 48.8 Å². The second kappa shape index (κ2) is 5.53. The third kappa shape index (κ3) is 2.60. The summed E-state index contributed by atoms with van der Waals surface area (Å²) in [7, 11) is 0. The summed E-state index contributed by atoms with van der Waals surface area (Å²) in [5.74, 6) is -0.638. The van der Waals surface area contributed by atoms with Crippen molar-refractivity contribution in [1.29, 1.82) is 0 Å². The Morgan fingerprint density at radius 3 is 2.52 bits per heavy atom. The van der Waals surface area contributed by atoms with Crippen LogP contribution in [0.1, 0.15) is 26.7 Å². The van der Waals surface area contributed by atoms with E-state index in [4.69, 9.17) is 21.3 Å². The van der Waals surface area contributed by atoms with Crippen LogP contribution in [-0.4, -0.2) is 50.3 Å². The molecule has 118 valence electrons. The highest BCUT2D eigenvalue weighted by Gasteiger charge is 2.68. The van der Waals surface area contributed by atoms with Gasteiger partial charge in [0.25, 0.3) is 0 Å². The second-order valence-electron chi connectivity index (χ2n) is 5.49. The van der Waals surface area contributed by atoms with Crippen molar-refractivity contribution < 1.29 is 24.2 Å². The molecule has 1 saturated carbocycles. The summed E-state index contributed by atoms with van der Waals surface area (Å²) in [5, 5.41) is 11.0. The van der Waals surface area contributed by atoms with Crippen LogP contribution in [0, 0.1) is 0 Å². The summed E-state index contributed by atoms with van der Waals surface area (Å²) in [4.78, 5) is 22.2. The van der Waals surface area contributed by atoms with E-state index < -0.39 is 34.1 Å². The summed E-state index contributed by atoms with van der Waals surface area (Å²) in [6.45, 7) is 7.11. The molecule has 0 radical (unpaired) electrons. The van der Waals surface area contributed by atoms with E-state index in [9.17, 15) is 14.7 Å². The molecule has 8 heteroatoms. The predicted molar refractivity (Wildman–Crippen MR) is 79.0 cm³/mol. The van der Waals surface area contributed by atoms with Crippen LogP contribution in [0.4, 0.5) is 4.79 Å². The Morgan fingerprint density at radius 1 is 1.52 bits per heavy atom. The zero-order valence-electron chi connectivity index (χ0n) is 11.8. The first kappa shape index (κ1) is 16.7. The van der Waals surface area contributed by atoms with Gasteiger partial charge < -0.3 is 14.6 Å². The fourth-order valence-corrected chi connectivity index (χ4v) is 3.95. The van der Waals surface area contributed by atoms with Gasteiger partial charge in [-0.15, -0.1) is 0 Å². The number of carbonyl (C=O) groups is 2. The van der Waals surface area contributed by atoms with Crippen LogP contribution in [0.25, 0.3) is 0 Å². The number of aliphatic hydroxyl groups is 1. The van der Waals surface area contributed by atoms with Crippen molar-refractivity contribution in [3.63, 3.8) is 0 Å². The molecular formula is C13H17BrClNO5. The molecule has 1 aliphatic carbocycles. The van der Waals surface area contributed by atoms with E-state index in [2.05, 4.69) is 22.5 Å². The molecule has 1 N–H and O–H groups in total. The topological polar surface area (TPSA) is 79.4 Å². The van der Waals surface area contributed by atoms with Gasteiger partial charge in [0.15, 0.2) is 0 Å². The lowest BCUT2D eigenvalue weighted by Gasteiger charge is -2.46. The highest BCUT2D eigenvalue weighted by molar-refractivity contribution is 9.09. The maximum atomic E-state index is 11.8. The smallest absolute Gasteiger partial charge is 0.432 e. The average molecular weight is 383 g/mol. The molecule has 2 aliphatic rings. The molecule has 4 atom stereocenters. The standard InChI is InChI=1S/C13H17BrClNO5/c1-7(2)13(19)10(14)9(4-5-12(13)6-20-12)21-11(18)16(15)8(3)17/h9-10,19H,1,4-6H2,2-3H3/t9-,10-,12+,13-/m1/s1. The summed E-state index contributed by atoms with van der Waals surface area (Å²) >= 11 is 8.92. The normalized spacial score (nSPS) is 38.0. The molecule has 2 rings (SSSR count). The molecule has 1 heterocycles. The number of carbonyl (C=O) groups excluding carboxylic acids is 2. The first-order chi connectivity index (χ1) is 9.65. The van der Waals surface area contributed by atoms with Gasteiger partial charge in [0.05, 0.1) is 11.4 Å². The molecule has 21 heavy (non-hydrogen) atoms. The second-order valence-corrected chi connectivity index (χ2v) is 6.82. The minimum atomic E-state index is -1.34. The van der Waals surface area contributed by atoms with E-state index in [1.54, 1.807) is 6.92 Å². The summed E-state index contributed by atoms with van der Waals surface area (Å²) in [5.41, 5.74) is -1.49. The number of hydrogen-bond donors (Lipinski definition) is 1. The zero-order valence-corrected chi connectivity index (χ0v) is 14.1. The Labute approximate surface area is 136 Å². The van der Waals surface area contributed by atoms with Gasteiger partial charge in [-0.25, -0.2) is 4.79 Å². The lowest BCUT2D eigenvalue weighted by atomic mass is 9.70. The molecule has 1 spiro atoms. The molecule has 1 aliphatic heterocycles. The van der Waals surface area contributed by atoms with Gasteiger partial charge in [-0.05, 0) is 25.3 Å². The number of halogens is 2. The summed E-state index contributed by atoms with van der Waals surface area (Å²) < 4.78 is 11.0. The third-order valence-corrected chi connectivity index (χ3v) is 5.71. The van der Waals surface area contributed by atoms with E-state index in [0.29, 0.717) is 29.4 Å². The fraction of sp³-hybridized carbons (Fsp3) is 0.692. The molecule has 0 bridgehead atoms. The Balaban J connectivity index is 2.15. The van der Waals surface area contributed by atoms with Crippen LogP contribution in [0.15, 0.2) is 12.2 Å². The number of epoxide rings is 1. The summed E-state index contributed by atoms with van der Waals surface area (Å²) in [6.07, 6.45) is -0.594. The van der Waals surface area contributed by atoms with Crippen molar-refractivity contribution in [2.24, 2.45) is 0 Å². The molecule has 0 unspecified atom stereocenters. The lowest BCUT2D eigenvalue weighted by Crippen LogP contribution is -2.61. The zero-order chi connectivity index (χ0) is 16.0. The molecule has 6 nitrogen and oxygen atoms in total. The van der Waals surface area contributed by atoms with Crippen molar-refractivity contribution in [1.82, 2.24) is 4.42 Å². The van der Waals surface area contributed by atoms with Crippen LogP contribution >= 0.6 is 27.7 Å². The van der Waals surface area contributed by atoms with Crippen molar-refractivity contribution in [2.75, 3.05) is 6.61 Å². The van der Waals surface area contributed by atoms with Crippen molar-refractivity contribution in [3.05, 3.63) is 12.2 Å². The first-order valence-electron chi connectivity index (χ1n) is 6.49. The minimum Gasteiger partial charge on any atom is -0.444 e. The van der Waals surface area contributed by atoms with E-state index in [1.165, 1.54) is 0 Å². The maximum absolute atomic E-state index is 11.8. The number of nitrogens with zero attached hydrogens (tertiary/aromatic N) is 1. The van der Waals surface area contributed by atoms with E-state index >= 15 is 0 Å². The Hall–Kier alpha value is -0.630. The van der Waals surface area contributed by atoms with E-state index in [-0.39, 0.29) is 0 Å². The average Bonchev–Trinajstić information content (AvgIpc) is 3.19. The largest absolute Gasteiger partial charge is 0.444 e. The quantitative estimate of drug-likeness (QED) is 0.342. The molecule has 2 fully saturated rings. The fourth-order valence-electron chi connectivity index (χ4n) is 2.73. The highest BCUT2D eigenvalue weighted by atomic mass is 79.9. The highest BCUT2D eigenvalue weighted by Crippen LogP contribution is 2.54. The van der Waals surface area contributed by atoms with Gasteiger partial charge >= 0.3 is 6.09 Å². The lowest BCUT2D eigenvalue weighted by molar-refractivity contribution is -0.124. The van der Waals surface area contributed by atoms with Crippen LogP contribution in [0.5, 0.6) is 0 Å². The minimum absolute atomic E-state index is 0.373. The van der Waals surface area contributed by atoms with Crippen LogP contribution in [0.2, 0.25) is 0 Å². The third-order valence-electron chi connectivity index (χ3n) is 4.09. The predicted octanol–water partition coefficient (Wildman–Crippen LogP) is 2.13. The molecule has 0 aromatic rings. The number of rotatable bonds is 2. The number of ether oxygens (including phenoxy) is 2. The van der Waals surface area contributed by atoms with Gasteiger partial charge in [-0.2, -0.15) is 4.42 Å². The molecule has 0 aromatic heterocycles. The van der Waals surface area contributed by atoms with Gasteiger partial charge in [0, 0.05) is 18.7 Å². The molecular weight excluding hydrogens is 366 g/mol. The van der Waals surface area contributed by atoms with Gasteiger partial charge in [-0.1, -0.05) is 22.5 Å². The van der Waals surface area contributed by atoms with E-state index in [1.807, 2.05) is 0 Å². The molecule has 2 amide bonds. The first-order valence-corrected chi connectivity index (χ1v) is 7.74. The number of imide groups is 1. The van der Waals surface area contributed by atoms with Gasteiger partial charge in [-0.3, -0.25) is 4.79 Å². The Bertz CT molecular complexity index is 495. The molecule has 0 aromatic carbocycles. The maximum Gasteiger partial charge on any atom is 0.432 e. The SMILES string of the molecule is C=C(C)[C@@]1(O)[C@H](Br)[C@H](OC(=O)N(Cl)C(C)=O)CC[C@]12CO2. The van der Waals surface area contributed by atoms with Crippen molar-refractivity contribution in [3.8, 4) is 0 Å². The van der Waals surface area contributed by atoms with E-state index in [0.717, 1.165) is 6.92 Å². The van der Waals surface area contributed by atoms with Crippen LogP contribution in [0.3, 0.4) is 0 Å². The monoisotopic (exact) mass is 381 g/mol.